The summed E-state index contributed by atoms with van der Waals surface area (Å²) in [6, 6.07) is 4.92. The van der Waals surface area contributed by atoms with E-state index in [-0.39, 0.29) is 12.5 Å². The minimum Gasteiger partial charge on any atom is -0.479 e. The average Bonchev–Trinajstić information content (AvgIpc) is 2.36. The van der Waals surface area contributed by atoms with Crippen molar-refractivity contribution in [3.05, 3.63) is 29.8 Å². The lowest BCUT2D eigenvalue weighted by atomic mass is 10.1. The molecule has 7 heteroatoms. The van der Waals surface area contributed by atoms with Crippen LogP contribution < -0.4 is 10.6 Å². The second-order valence-electron chi connectivity index (χ2n) is 3.94. The molecule has 1 aromatic carbocycles. The molecule has 2 amide bonds. The number of ether oxygens (including phenoxy) is 1. The van der Waals surface area contributed by atoms with Gasteiger partial charge < -0.3 is 20.5 Å². The average molecular weight is 280 g/mol. The van der Waals surface area contributed by atoms with Gasteiger partial charge in [-0.3, -0.25) is 4.79 Å². The molecule has 0 bridgehead atoms. The quantitative estimate of drug-likeness (QED) is 0.758. The number of carbonyl (C=O) groups excluding carboxylic acids is 2. The van der Waals surface area contributed by atoms with Crippen molar-refractivity contribution in [1.82, 2.24) is 5.32 Å². The van der Waals surface area contributed by atoms with Gasteiger partial charge in [-0.25, -0.2) is 9.59 Å². The molecule has 0 aliphatic rings. The molecule has 0 saturated carbocycles. The zero-order valence-electron chi connectivity index (χ0n) is 11.2. The van der Waals surface area contributed by atoms with E-state index in [0.29, 0.717) is 11.3 Å². The van der Waals surface area contributed by atoms with Gasteiger partial charge in [0.25, 0.3) is 0 Å². The highest BCUT2D eigenvalue weighted by molar-refractivity contribution is 5.88. The Morgan fingerprint density at radius 2 is 1.85 bits per heavy atom. The van der Waals surface area contributed by atoms with Gasteiger partial charge in [-0.2, -0.15) is 0 Å². The van der Waals surface area contributed by atoms with Gasteiger partial charge in [0.2, 0.25) is 5.91 Å². The van der Waals surface area contributed by atoms with Crippen LogP contribution in [0, 0.1) is 0 Å². The van der Waals surface area contributed by atoms with Crippen LogP contribution in [0.4, 0.5) is 10.5 Å². The lowest BCUT2D eigenvalue weighted by molar-refractivity contribution is -0.139. The predicted molar refractivity (Wildman–Crippen MR) is 71.3 cm³/mol. The maximum absolute atomic E-state index is 11.3. The van der Waals surface area contributed by atoms with Crippen molar-refractivity contribution in [1.29, 1.82) is 0 Å². The van der Waals surface area contributed by atoms with E-state index in [9.17, 15) is 14.4 Å². The number of nitrogens with one attached hydrogen (secondary N) is 2. The van der Waals surface area contributed by atoms with E-state index in [1.807, 2.05) is 0 Å². The summed E-state index contributed by atoms with van der Waals surface area (Å²) < 4.78 is 4.65. The Bertz CT molecular complexity index is 498. The molecule has 20 heavy (non-hydrogen) atoms. The third-order valence-corrected chi connectivity index (χ3v) is 2.35. The van der Waals surface area contributed by atoms with Crippen LogP contribution in [-0.2, 0) is 14.3 Å². The molecule has 1 atom stereocenters. The SMILES string of the molecule is CCOC(=O)NC(C(=O)O)c1ccc(NC(C)=O)cc1. The third kappa shape index (κ3) is 4.60. The van der Waals surface area contributed by atoms with E-state index in [1.54, 1.807) is 19.1 Å². The molecule has 0 aliphatic heterocycles. The first-order valence-corrected chi connectivity index (χ1v) is 5.97. The number of alkyl carbamates (subject to hydrolysis) is 1. The summed E-state index contributed by atoms with van der Waals surface area (Å²) in [5.74, 6) is -1.43. The van der Waals surface area contributed by atoms with Crippen LogP contribution in [0.15, 0.2) is 24.3 Å². The smallest absolute Gasteiger partial charge is 0.408 e. The van der Waals surface area contributed by atoms with Crippen molar-refractivity contribution in [3.63, 3.8) is 0 Å². The molecular formula is C13H16N2O5. The van der Waals surface area contributed by atoms with E-state index < -0.39 is 18.1 Å². The molecule has 0 aliphatic carbocycles. The van der Waals surface area contributed by atoms with Gasteiger partial charge in [0, 0.05) is 12.6 Å². The Morgan fingerprint density at radius 3 is 2.30 bits per heavy atom. The molecule has 108 valence electrons. The molecule has 0 heterocycles. The molecule has 3 N–H and O–H groups in total. The molecule has 0 fully saturated rings. The minimum absolute atomic E-state index is 0.152. The molecule has 0 spiro atoms. The Morgan fingerprint density at radius 1 is 1.25 bits per heavy atom. The first-order chi connectivity index (χ1) is 9.43. The highest BCUT2D eigenvalue weighted by Crippen LogP contribution is 2.17. The van der Waals surface area contributed by atoms with E-state index in [1.165, 1.54) is 19.1 Å². The van der Waals surface area contributed by atoms with Crippen molar-refractivity contribution in [2.75, 3.05) is 11.9 Å². The summed E-state index contributed by atoms with van der Waals surface area (Å²) in [4.78, 5) is 33.3. The zero-order chi connectivity index (χ0) is 15.1. The van der Waals surface area contributed by atoms with Crippen LogP contribution in [0.5, 0.6) is 0 Å². The van der Waals surface area contributed by atoms with Crippen molar-refractivity contribution < 1.29 is 24.2 Å². The minimum atomic E-state index is -1.21. The topological polar surface area (TPSA) is 105 Å². The van der Waals surface area contributed by atoms with Crippen LogP contribution in [0.25, 0.3) is 0 Å². The number of carboxylic acids is 1. The number of amides is 2. The standard InChI is InChI=1S/C13H16N2O5/c1-3-20-13(19)15-11(12(17)18)9-4-6-10(7-5-9)14-8(2)16/h4-7,11H,3H2,1-2H3,(H,14,16)(H,15,19)(H,17,18). The second kappa shape index (κ2) is 7.13. The summed E-state index contributed by atoms with van der Waals surface area (Å²) in [5.41, 5.74) is 0.918. The summed E-state index contributed by atoms with van der Waals surface area (Å²) in [7, 11) is 0. The number of hydrogen-bond acceptors (Lipinski definition) is 4. The number of hydrogen-bond donors (Lipinski definition) is 3. The van der Waals surface area contributed by atoms with E-state index >= 15 is 0 Å². The van der Waals surface area contributed by atoms with Crippen LogP contribution in [0.2, 0.25) is 0 Å². The van der Waals surface area contributed by atoms with Crippen LogP contribution in [0.1, 0.15) is 25.5 Å². The first-order valence-electron chi connectivity index (χ1n) is 5.97. The molecule has 0 radical (unpaired) electrons. The lowest BCUT2D eigenvalue weighted by Crippen LogP contribution is -2.34. The Balaban J connectivity index is 2.84. The first kappa shape index (κ1) is 15.5. The van der Waals surface area contributed by atoms with Gasteiger partial charge in [-0.1, -0.05) is 12.1 Å². The highest BCUT2D eigenvalue weighted by atomic mass is 16.5. The lowest BCUT2D eigenvalue weighted by Gasteiger charge is -2.15. The number of carbonyl (C=O) groups is 3. The molecule has 1 aromatic rings. The monoisotopic (exact) mass is 280 g/mol. The van der Waals surface area contributed by atoms with Crippen LogP contribution in [-0.4, -0.2) is 29.7 Å². The van der Waals surface area contributed by atoms with Crippen LogP contribution in [0.3, 0.4) is 0 Å². The van der Waals surface area contributed by atoms with Gasteiger partial charge in [-0.15, -0.1) is 0 Å². The van der Waals surface area contributed by atoms with Crippen molar-refractivity contribution in [2.45, 2.75) is 19.9 Å². The van der Waals surface area contributed by atoms with E-state index in [0.717, 1.165) is 0 Å². The van der Waals surface area contributed by atoms with E-state index in [2.05, 4.69) is 15.4 Å². The van der Waals surface area contributed by atoms with Crippen molar-refractivity contribution >= 4 is 23.7 Å². The van der Waals surface area contributed by atoms with Gasteiger partial charge in [0.05, 0.1) is 6.61 Å². The second-order valence-corrected chi connectivity index (χ2v) is 3.94. The van der Waals surface area contributed by atoms with Gasteiger partial charge >= 0.3 is 12.1 Å². The summed E-state index contributed by atoms with van der Waals surface area (Å²) in [5, 5.41) is 13.9. The molecule has 1 unspecified atom stereocenters. The molecular weight excluding hydrogens is 264 g/mol. The van der Waals surface area contributed by atoms with Crippen LogP contribution >= 0.6 is 0 Å². The van der Waals surface area contributed by atoms with Gasteiger partial charge in [-0.05, 0) is 24.6 Å². The van der Waals surface area contributed by atoms with Crippen molar-refractivity contribution in [2.24, 2.45) is 0 Å². The summed E-state index contributed by atoms with van der Waals surface area (Å²) in [6.45, 7) is 3.15. The molecule has 1 rings (SSSR count). The van der Waals surface area contributed by atoms with Crippen molar-refractivity contribution in [3.8, 4) is 0 Å². The molecule has 0 saturated heterocycles. The fourth-order valence-electron chi connectivity index (χ4n) is 1.54. The highest BCUT2D eigenvalue weighted by Gasteiger charge is 2.22. The molecule has 7 nitrogen and oxygen atoms in total. The zero-order valence-corrected chi connectivity index (χ0v) is 11.2. The summed E-state index contributed by atoms with van der Waals surface area (Å²) >= 11 is 0. The molecule has 0 aromatic heterocycles. The maximum atomic E-state index is 11.3. The summed E-state index contributed by atoms with van der Waals surface area (Å²) in [6.07, 6.45) is -0.800. The Labute approximate surface area is 115 Å². The van der Waals surface area contributed by atoms with Gasteiger partial charge in [0.15, 0.2) is 6.04 Å². The third-order valence-electron chi connectivity index (χ3n) is 2.35. The number of anilines is 1. The number of rotatable bonds is 5. The fourth-order valence-corrected chi connectivity index (χ4v) is 1.54. The fraction of sp³-hybridized carbons (Fsp3) is 0.308. The van der Waals surface area contributed by atoms with Gasteiger partial charge in [0.1, 0.15) is 0 Å². The van der Waals surface area contributed by atoms with E-state index in [4.69, 9.17) is 5.11 Å². The Hall–Kier alpha value is -2.57. The largest absolute Gasteiger partial charge is 0.479 e. The number of benzene rings is 1. The number of carboxylic acid groups (broad SMARTS) is 1. The number of aliphatic carboxylic acids is 1. The Kier molecular flexibility index (Phi) is 5.52. The normalized spacial score (nSPS) is 11.3. The predicted octanol–water partition coefficient (Wildman–Crippen LogP) is 1.52. The maximum Gasteiger partial charge on any atom is 0.408 e.